The quantitative estimate of drug-likeness (QED) is 0.451. The minimum atomic E-state index is -0.332. The second-order valence-electron chi connectivity index (χ2n) is 4.18. The minimum Gasteiger partial charge on any atom is -0.397 e. The number of amides is 1. The van der Waals surface area contributed by atoms with Gasteiger partial charge in [0, 0.05) is 13.0 Å². The molecule has 0 fully saturated rings. The molecule has 0 radical (unpaired) electrons. The third kappa shape index (κ3) is 3.01. The molecular formula is C12H15N5O2. The van der Waals surface area contributed by atoms with Gasteiger partial charge < -0.3 is 21.8 Å². The second-order valence-corrected chi connectivity index (χ2v) is 4.18. The van der Waals surface area contributed by atoms with Gasteiger partial charge in [0.25, 0.3) is 5.56 Å². The molecule has 1 amide bonds. The highest BCUT2D eigenvalue weighted by Crippen LogP contribution is 2.22. The van der Waals surface area contributed by atoms with Crippen LogP contribution < -0.4 is 22.3 Å². The zero-order valence-electron chi connectivity index (χ0n) is 10.3. The van der Waals surface area contributed by atoms with Crippen LogP contribution >= 0.6 is 0 Å². The largest absolute Gasteiger partial charge is 0.397 e. The summed E-state index contributed by atoms with van der Waals surface area (Å²) in [5, 5.41) is 3.54. The highest BCUT2D eigenvalue weighted by molar-refractivity contribution is 5.88. The van der Waals surface area contributed by atoms with Crippen molar-refractivity contribution >= 4 is 28.2 Å². The van der Waals surface area contributed by atoms with E-state index in [1.165, 1.54) is 6.33 Å². The first-order valence-electron chi connectivity index (χ1n) is 5.87. The Kier molecular flexibility index (Phi) is 3.65. The van der Waals surface area contributed by atoms with E-state index in [0.29, 0.717) is 41.7 Å². The third-order valence-corrected chi connectivity index (χ3v) is 2.73. The van der Waals surface area contributed by atoms with E-state index in [9.17, 15) is 9.59 Å². The Bertz CT molecular complexity index is 665. The second kappa shape index (κ2) is 5.38. The number of hydrogen-bond donors (Lipinski definition) is 4. The summed E-state index contributed by atoms with van der Waals surface area (Å²) in [7, 11) is 0. The van der Waals surface area contributed by atoms with E-state index in [0.717, 1.165) is 0 Å². The molecule has 0 atom stereocenters. The molecule has 1 aromatic carbocycles. The summed E-state index contributed by atoms with van der Waals surface area (Å²) in [5.41, 5.74) is 12.4. The maximum absolute atomic E-state index is 11.6. The summed E-state index contributed by atoms with van der Waals surface area (Å²) in [6.45, 7) is 0.571. The number of hydrogen-bond acceptors (Lipinski definition) is 5. The van der Waals surface area contributed by atoms with Crippen LogP contribution in [0.1, 0.15) is 12.8 Å². The van der Waals surface area contributed by atoms with Gasteiger partial charge in [0.1, 0.15) is 0 Å². The molecule has 6 N–H and O–H groups in total. The van der Waals surface area contributed by atoms with Crippen molar-refractivity contribution in [1.82, 2.24) is 9.97 Å². The van der Waals surface area contributed by atoms with Gasteiger partial charge in [0.2, 0.25) is 5.91 Å². The molecule has 0 saturated heterocycles. The molecule has 2 rings (SSSR count). The SMILES string of the molecule is NC(=O)CCCNc1cc2nc[nH]c(=O)c2cc1N. The number of nitrogen functional groups attached to an aromatic ring is 1. The lowest BCUT2D eigenvalue weighted by atomic mass is 10.2. The molecule has 19 heavy (non-hydrogen) atoms. The minimum absolute atomic E-state index is 0.225. The number of fused-ring (bicyclic) bond motifs is 1. The first kappa shape index (κ1) is 12.9. The molecule has 7 nitrogen and oxygen atoms in total. The first-order chi connectivity index (χ1) is 9.08. The fourth-order valence-corrected chi connectivity index (χ4v) is 1.77. The Morgan fingerprint density at radius 1 is 1.42 bits per heavy atom. The van der Waals surface area contributed by atoms with Gasteiger partial charge in [-0.1, -0.05) is 0 Å². The Morgan fingerprint density at radius 3 is 2.95 bits per heavy atom. The van der Waals surface area contributed by atoms with Gasteiger partial charge in [-0.3, -0.25) is 9.59 Å². The summed E-state index contributed by atoms with van der Waals surface area (Å²) in [5.74, 6) is -0.332. The Hall–Kier alpha value is -2.57. The van der Waals surface area contributed by atoms with Crippen LogP contribution in [0, 0.1) is 0 Å². The van der Waals surface area contributed by atoms with Crippen molar-refractivity contribution in [2.75, 3.05) is 17.6 Å². The number of aromatic amines is 1. The average Bonchev–Trinajstić information content (AvgIpc) is 2.36. The summed E-state index contributed by atoms with van der Waals surface area (Å²) in [4.78, 5) is 28.7. The summed E-state index contributed by atoms with van der Waals surface area (Å²) < 4.78 is 0. The van der Waals surface area contributed by atoms with Crippen molar-refractivity contribution in [2.24, 2.45) is 5.73 Å². The van der Waals surface area contributed by atoms with Gasteiger partial charge >= 0.3 is 0 Å². The molecule has 7 heteroatoms. The van der Waals surface area contributed by atoms with Crippen LogP contribution in [-0.2, 0) is 4.79 Å². The predicted molar refractivity (Wildman–Crippen MR) is 73.7 cm³/mol. The monoisotopic (exact) mass is 261 g/mol. The van der Waals surface area contributed by atoms with Crippen LogP contribution in [0.15, 0.2) is 23.3 Å². The normalized spacial score (nSPS) is 10.5. The smallest absolute Gasteiger partial charge is 0.258 e. The number of rotatable bonds is 5. The van der Waals surface area contributed by atoms with E-state index in [-0.39, 0.29) is 11.5 Å². The van der Waals surface area contributed by atoms with Gasteiger partial charge in [0.15, 0.2) is 0 Å². The fourth-order valence-electron chi connectivity index (χ4n) is 1.77. The highest BCUT2D eigenvalue weighted by atomic mass is 16.1. The van der Waals surface area contributed by atoms with Crippen LogP contribution in [0.4, 0.5) is 11.4 Å². The molecule has 1 heterocycles. The Morgan fingerprint density at radius 2 is 2.21 bits per heavy atom. The lowest BCUT2D eigenvalue weighted by Crippen LogP contribution is -2.13. The number of benzene rings is 1. The van der Waals surface area contributed by atoms with Crippen LogP contribution in [0.3, 0.4) is 0 Å². The Labute approximate surface area is 109 Å². The van der Waals surface area contributed by atoms with E-state index in [2.05, 4.69) is 15.3 Å². The summed E-state index contributed by atoms with van der Waals surface area (Å²) >= 11 is 0. The van der Waals surface area contributed by atoms with Gasteiger partial charge in [-0.25, -0.2) is 4.98 Å². The van der Waals surface area contributed by atoms with Crippen LogP contribution in [0.2, 0.25) is 0 Å². The molecule has 0 aliphatic heterocycles. The number of carbonyl (C=O) groups excluding carboxylic acids is 1. The third-order valence-electron chi connectivity index (χ3n) is 2.73. The van der Waals surface area contributed by atoms with Crippen LogP contribution in [-0.4, -0.2) is 22.4 Å². The van der Waals surface area contributed by atoms with Gasteiger partial charge in [-0.15, -0.1) is 0 Å². The summed E-state index contributed by atoms with van der Waals surface area (Å²) in [6.07, 6.45) is 2.28. The number of anilines is 2. The molecule has 0 spiro atoms. The predicted octanol–water partition coefficient (Wildman–Crippen LogP) is 0.183. The maximum Gasteiger partial charge on any atom is 0.258 e. The number of nitrogens with two attached hydrogens (primary N) is 2. The lowest BCUT2D eigenvalue weighted by Gasteiger charge is -2.09. The zero-order chi connectivity index (χ0) is 13.8. The molecular weight excluding hydrogens is 246 g/mol. The van der Waals surface area contributed by atoms with Crippen molar-refractivity contribution in [3.8, 4) is 0 Å². The van der Waals surface area contributed by atoms with Crippen molar-refractivity contribution in [2.45, 2.75) is 12.8 Å². The first-order valence-corrected chi connectivity index (χ1v) is 5.87. The van der Waals surface area contributed by atoms with Crippen LogP contribution in [0.25, 0.3) is 10.9 Å². The molecule has 1 aromatic heterocycles. The van der Waals surface area contributed by atoms with Gasteiger partial charge in [-0.05, 0) is 18.6 Å². The molecule has 0 saturated carbocycles. The number of aromatic nitrogens is 2. The number of primary amides is 1. The van der Waals surface area contributed by atoms with Gasteiger partial charge in [-0.2, -0.15) is 0 Å². The number of nitrogens with zero attached hydrogens (tertiary/aromatic N) is 1. The van der Waals surface area contributed by atoms with Crippen molar-refractivity contribution < 1.29 is 4.79 Å². The standard InChI is InChI=1S/C12H15N5O2/c13-8-4-7-9(16-6-17-12(7)19)5-10(8)15-3-1-2-11(14)18/h4-6,15H,1-3,13H2,(H2,14,18)(H,16,17,19). The Balaban J connectivity index is 2.17. The molecule has 0 aliphatic rings. The molecule has 0 aliphatic carbocycles. The summed E-state index contributed by atoms with van der Waals surface area (Å²) in [6, 6.07) is 3.29. The zero-order valence-corrected chi connectivity index (χ0v) is 10.3. The fraction of sp³-hybridized carbons (Fsp3) is 0.250. The van der Waals surface area contributed by atoms with E-state index < -0.39 is 0 Å². The molecule has 100 valence electrons. The van der Waals surface area contributed by atoms with Crippen molar-refractivity contribution in [3.63, 3.8) is 0 Å². The lowest BCUT2D eigenvalue weighted by molar-refractivity contribution is -0.118. The maximum atomic E-state index is 11.6. The van der Waals surface area contributed by atoms with Crippen molar-refractivity contribution in [3.05, 3.63) is 28.8 Å². The topological polar surface area (TPSA) is 127 Å². The van der Waals surface area contributed by atoms with E-state index in [1.807, 2.05) is 0 Å². The number of carbonyl (C=O) groups is 1. The highest BCUT2D eigenvalue weighted by Gasteiger charge is 2.05. The number of nitrogens with one attached hydrogen (secondary N) is 2. The van der Waals surface area contributed by atoms with Crippen molar-refractivity contribution in [1.29, 1.82) is 0 Å². The van der Waals surface area contributed by atoms with E-state index in [1.54, 1.807) is 12.1 Å². The molecule has 2 aromatic rings. The van der Waals surface area contributed by atoms with E-state index in [4.69, 9.17) is 11.5 Å². The van der Waals surface area contributed by atoms with Crippen LogP contribution in [0.5, 0.6) is 0 Å². The van der Waals surface area contributed by atoms with E-state index >= 15 is 0 Å². The molecule has 0 unspecified atom stereocenters. The molecule has 0 bridgehead atoms. The average molecular weight is 261 g/mol. The van der Waals surface area contributed by atoms with Gasteiger partial charge in [0.05, 0.1) is 28.6 Å². The number of H-pyrrole nitrogens is 1.